The lowest BCUT2D eigenvalue weighted by Gasteiger charge is -2.18. The molecular weight excluding hydrogens is 409 g/mol. The number of hydrogen-bond acceptors (Lipinski definition) is 2. The van der Waals surface area contributed by atoms with Crippen molar-refractivity contribution >= 4 is 54.8 Å². The van der Waals surface area contributed by atoms with E-state index >= 15 is 0 Å². The van der Waals surface area contributed by atoms with Gasteiger partial charge in [0.1, 0.15) is 0 Å². The molecule has 0 saturated carbocycles. The molecule has 1 heterocycles. The zero-order valence-electron chi connectivity index (χ0n) is 10.4. The number of nitrogens with one attached hydrogen (secondary N) is 1. The first-order valence-corrected chi connectivity index (χ1v) is 8.85. The van der Waals surface area contributed by atoms with Crippen LogP contribution in [0.15, 0.2) is 38.6 Å². The van der Waals surface area contributed by atoms with Gasteiger partial charge in [-0.2, -0.15) is 0 Å². The summed E-state index contributed by atoms with van der Waals surface area (Å²) in [7, 11) is 0. The lowest BCUT2D eigenvalue weighted by atomic mass is 10.0. The van der Waals surface area contributed by atoms with Crippen molar-refractivity contribution in [2.24, 2.45) is 0 Å². The maximum Gasteiger partial charge on any atom is 0.0548 e. The molecule has 1 atom stereocenters. The van der Waals surface area contributed by atoms with Gasteiger partial charge < -0.3 is 5.32 Å². The smallest absolute Gasteiger partial charge is 0.0548 e. The van der Waals surface area contributed by atoms with Crippen molar-refractivity contribution in [1.82, 2.24) is 5.32 Å². The molecule has 1 unspecified atom stereocenters. The van der Waals surface area contributed by atoms with Gasteiger partial charge in [-0.1, -0.05) is 24.6 Å². The van der Waals surface area contributed by atoms with Crippen molar-refractivity contribution in [3.63, 3.8) is 0 Å². The molecule has 19 heavy (non-hydrogen) atoms. The molecule has 2 aromatic rings. The van der Waals surface area contributed by atoms with Crippen LogP contribution >= 0.6 is 54.8 Å². The van der Waals surface area contributed by atoms with Gasteiger partial charge in [-0.25, -0.2) is 0 Å². The van der Waals surface area contributed by atoms with E-state index in [4.69, 9.17) is 11.6 Å². The Kier molecular flexibility index (Phi) is 5.90. The first-order valence-electron chi connectivity index (χ1n) is 6.01. The van der Waals surface area contributed by atoms with Crippen LogP contribution in [0.1, 0.15) is 23.4 Å². The average molecular weight is 424 g/mol. The summed E-state index contributed by atoms with van der Waals surface area (Å²) in [6.45, 7) is 3.07. The largest absolute Gasteiger partial charge is 0.310 e. The third kappa shape index (κ3) is 4.30. The van der Waals surface area contributed by atoms with Crippen LogP contribution < -0.4 is 5.32 Å². The van der Waals surface area contributed by atoms with Gasteiger partial charge in [-0.05, 0) is 62.2 Å². The number of rotatable bonds is 5. The van der Waals surface area contributed by atoms with E-state index in [1.165, 1.54) is 10.4 Å². The summed E-state index contributed by atoms with van der Waals surface area (Å²) in [6.07, 6.45) is 0.984. The van der Waals surface area contributed by atoms with E-state index in [-0.39, 0.29) is 0 Å². The third-order valence-electron chi connectivity index (χ3n) is 2.82. The van der Waals surface area contributed by atoms with Crippen molar-refractivity contribution in [2.45, 2.75) is 19.4 Å². The molecule has 0 spiro atoms. The molecule has 2 rings (SSSR count). The Hall–Kier alpha value is 0.130. The van der Waals surface area contributed by atoms with Crippen LogP contribution in [0.2, 0.25) is 5.02 Å². The fourth-order valence-corrected chi connectivity index (χ4v) is 3.96. The van der Waals surface area contributed by atoms with E-state index in [1.807, 2.05) is 6.07 Å². The van der Waals surface area contributed by atoms with Crippen molar-refractivity contribution in [1.29, 1.82) is 0 Å². The monoisotopic (exact) mass is 421 g/mol. The minimum absolute atomic E-state index is 0.309. The van der Waals surface area contributed by atoms with Crippen LogP contribution in [0.5, 0.6) is 0 Å². The number of halogens is 3. The molecular formula is C14H14Br2ClNS. The highest BCUT2D eigenvalue weighted by molar-refractivity contribution is 9.10. The topological polar surface area (TPSA) is 12.0 Å². The normalized spacial score (nSPS) is 12.6. The molecule has 1 aromatic heterocycles. The highest BCUT2D eigenvalue weighted by Crippen LogP contribution is 2.29. The quantitative estimate of drug-likeness (QED) is 0.639. The van der Waals surface area contributed by atoms with Gasteiger partial charge in [0.2, 0.25) is 0 Å². The second-order valence-corrected chi connectivity index (χ2v) is 7.39. The second kappa shape index (κ2) is 7.23. The van der Waals surface area contributed by atoms with Crippen LogP contribution in [-0.2, 0) is 6.42 Å². The highest BCUT2D eigenvalue weighted by atomic mass is 79.9. The molecule has 5 heteroatoms. The number of thiophene rings is 1. The van der Waals surface area contributed by atoms with E-state index < -0.39 is 0 Å². The van der Waals surface area contributed by atoms with Crippen LogP contribution in [0.3, 0.4) is 0 Å². The molecule has 102 valence electrons. The first kappa shape index (κ1) is 15.5. The summed E-state index contributed by atoms with van der Waals surface area (Å²) in [5, 5.41) is 6.40. The standard InChI is InChI=1S/C14H14Br2ClNS/c1-2-18-14(7-11-6-10(15)8-19-11)9-3-4-13(17)12(16)5-9/h3-6,8,14,18H,2,7H2,1H3. The lowest BCUT2D eigenvalue weighted by molar-refractivity contribution is 0.553. The molecule has 0 amide bonds. The van der Waals surface area contributed by atoms with Gasteiger partial charge >= 0.3 is 0 Å². The zero-order valence-corrected chi connectivity index (χ0v) is 15.2. The van der Waals surface area contributed by atoms with Crippen LogP contribution in [0.25, 0.3) is 0 Å². The van der Waals surface area contributed by atoms with Gasteiger partial charge in [0.25, 0.3) is 0 Å². The van der Waals surface area contributed by atoms with E-state index in [2.05, 4.69) is 67.7 Å². The predicted molar refractivity (Wildman–Crippen MR) is 91.3 cm³/mol. The van der Waals surface area contributed by atoms with E-state index in [0.717, 1.165) is 26.9 Å². The summed E-state index contributed by atoms with van der Waals surface area (Å²) in [4.78, 5) is 1.36. The molecule has 0 aliphatic heterocycles. The molecule has 0 radical (unpaired) electrons. The van der Waals surface area contributed by atoms with Crippen molar-refractivity contribution in [2.75, 3.05) is 6.54 Å². The van der Waals surface area contributed by atoms with Gasteiger partial charge in [0.05, 0.1) is 5.02 Å². The Balaban J connectivity index is 2.21. The molecule has 0 fully saturated rings. The van der Waals surface area contributed by atoms with Crippen molar-refractivity contribution in [3.05, 3.63) is 54.1 Å². The Labute approximate surface area is 139 Å². The minimum atomic E-state index is 0.309. The van der Waals surface area contributed by atoms with E-state index in [1.54, 1.807) is 11.3 Å². The molecule has 0 bridgehead atoms. The Morgan fingerprint density at radius 3 is 2.68 bits per heavy atom. The molecule has 0 aliphatic rings. The molecule has 1 aromatic carbocycles. The summed E-state index contributed by atoms with van der Waals surface area (Å²) < 4.78 is 2.10. The lowest BCUT2D eigenvalue weighted by Crippen LogP contribution is -2.22. The predicted octanol–water partition coefficient (Wildman–Crippen LogP) is 5.82. The maximum absolute atomic E-state index is 6.05. The molecule has 0 saturated heterocycles. The molecule has 1 nitrogen and oxygen atoms in total. The second-order valence-electron chi connectivity index (χ2n) is 4.22. The zero-order chi connectivity index (χ0) is 13.8. The van der Waals surface area contributed by atoms with Crippen molar-refractivity contribution < 1.29 is 0 Å². The van der Waals surface area contributed by atoms with Crippen LogP contribution in [0.4, 0.5) is 0 Å². The maximum atomic E-state index is 6.05. The van der Waals surface area contributed by atoms with Crippen molar-refractivity contribution in [3.8, 4) is 0 Å². The van der Waals surface area contributed by atoms with Crippen LogP contribution in [0, 0.1) is 0 Å². The number of benzene rings is 1. The highest BCUT2D eigenvalue weighted by Gasteiger charge is 2.13. The Morgan fingerprint density at radius 1 is 1.32 bits per heavy atom. The number of likely N-dealkylation sites (N-methyl/N-ethyl adjacent to an activating group) is 1. The van der Waals surface area contributed by atoms with E-state index in [9.17, 15) is 0 Å². The summed E-state index contributed by atoms with van der Waals surface area (Å²) in [5.74, 6) is 0. The van der Waals surface area contributed by atoms with Gasteiger partial charge in [-0.3, -0.25) is 0 Å². The fraction of sp³-hybridized carbons (Fsp3) is 0.286. The molecule has 1 N–H and O–H groups in total. The minimum Gasteiger partial charge on any atom is -0.310 e. The van der Waals surface area contributed by atoms with E-state index in [0.29, 0.717) is 6.04 Å². The van der Waals surface area contributed by atoms with Gasteiger partial charge in [-0.15, -0.1) is 11.3 Å². The van der Waals surface area contributed by atoms with Crippen LogP contribution in [-0.4, -0.2) is 6.54 Å². The summed E-state index contributed by atoms with van der Waals surface area (Å²) in [6, 6.07) is 8.61. The Bertz CT molecular complexity index is 556. The van der Waals surface area contributed by atoms with Gasteiger partial charge in [0.15, 0.2) is 0 Å². The summed E-state index contributed by atoms with van der Waals surface area (Å²) >= 11 is 14.8. The number of hydrogen-bond donors (Lipinski definition) is 1. The Morgan fingerprint density at radius 2 is 2.11 bits per heavy atom. The fourth-order valence-electron chi connectivity index (χ4n) is 1.95. The third-order valence-corrected chi connectivity index (χ3v) is 5.76. The summed E-state index contributed by atoms with van der Waals surface area (Å²) in [5.41, 5.74) is 1.25. The van der Waals surface area contributed by atoms with Gasteiger partial charge in [0, 0.05) is 31.7 Å². The molecule has 0 aliphatic carbocycles. The average Bonchev–Trinajstić information content (AvgIpc) is 2.78. The first-order chi connectivity index (χ1) is 9.10. The SMILES string of the molecule is CCNC(Cc1cc(Br)cs1)c1ccc(Cl)c(Br)c1.